The van der Waals surface area contributed by atoms with Gasteiger partial charge in [-0.1, -0.05) is 46.9 Å². The van der Waals surface area contributed by atoms with E-state index in [-0.39, 0.29) is 39.4 Å². The molecular weight excluding hydrogens is 382 g/mol. The number of hydrogen-bond donors (Lipinski definition) is 0. The summed E-state index contributed by atoms with van der Waals surface area (Å²) in [6.07, 6.45) is -0.627. The maximum Gasteiger partial charge on any atom is 0.311 e. The van der Waals surface area contributed by atoms with E-state index in [1.807, 2.05) is 0 Å². The van der Waals surface area contributed by atoms with Gasteiger partial charge in [0.1, 0.15) is 0 Å². The molecule has 2 rings (SSSR count). The van der Waals surface area contributed by atoms with Crippen molar-refractivity contribution in [2.45, 2.75) is 12.8 Å². The van der Waals surface area contributed by atoms with Crippen LogP contribution < -0.4 is 9.47 Å². The molecule has 24 heavy (non-hydrogen) atoms. The number of carbonyl (C=O) groups excluding carboxylic acids is 2. The smallest absolute Gasteiger partial charge is 0.311 e. The predicted octanol–water partition coefficient (Wildman–Crippen LogP) is 5.08. The van der Waals surface area contributed by atoms with E-state index in [0.29, 0.717) is 0 Å². The minimum atomic E-state index is -0.829. The van der Waals surface area contributed by atoms with Crippen LogP contribution in [0, 0.1) is 5.82 Å². The van der Waals surface area contributed by atoms with Crippen LogP contribution in [0.5, 0.6) is 11.5 Å². The van der Waals surface area contributed by atoms with Gasteiger partial charge in [-0.15, -0.1) is 0 Å². The van der Waals surface area contributed by atoms with Crippen LogP contribution in [0.15, 0.2) is 36.4 Å². The van der Waals surface area contributed by atoms with Crippen LogP contribution in [0.25, 0.3) is 0 Å². The maximum atomic E-state index is 13.5. The van der Waals surface area contributed by atoms with E-state index >= 15 is 0 Å². The van der Waals surface area contributed by atoms with Gasteiger partial charge < -0.3 is 9.47 Å². The Morgan fingerprint density at radius 2 is 1.21 bits per heavy atom. The molecule has 0 N–H and O–H groups in total. The van der Waals surface area contributed by atoms with Gasteiger partial charge in [0.15, 0.2) is 17.3 Å². The normalized spacial score (nSPS) is 10.3. The first-order valence-corrected chi connectivity index (χ1v) is 7.81. The molecule has 0 aliphatic carbocycles. The number of rotatable bonds is 5. The first kappa shape index (κ1) is 18.5. The molecule has 8 heteroatoms. The lowest BCUT2D eigenvalue weighted by Crippen LogP contribution is -2.15. The number of hydrogen-bond acceptors (Lipinski definition) is 4. The quantitative estimate of drug-likeness (QED) is 0.527. The maximum absolute atomic E-state index is 13.5. The van der Waals surface area contributed by atoms with Gasteiger partial charge in [-0.2, -0.15) is 0 Å². The Balaban J connectivity index is 1.91. The van der Waals surface area contributed by atoms with Crippen molar-refractivity contribution in [3.8, 4) is 11.5 Å². The van der Waals surface area contributed by atoms with E-state index in [0.717, 1.165) is 6.07 Å². The number of carbonyl (C=O) groups is 2. The van der Waals surface area contributed by atoms with Gasteiger partial charge in [-0.05, 0) is 24.3 Å². The van der Waals surface area contributed by atoms with Crippen LogP contribution in [0.4, 0.5) is 4.39 Å². The Morgan fingerprint density at radius 3 is 1.71 bits per heavy atom. The molecule has 0 aliphatic heterocycles. The Labute approximate surface area is 152 Å². The summed E-state index contributed by atoms with van der Waals surface area (Å²) < 4.78 is 23.3. The molecule has 0 aromatic heterocycles. The van der Waals surface area contributed by atoms with Crippen LogP contribution in [-0.4, -0.2) is 11.9 Å². The molecule has 126 valence electrons. The molecule has 0 fully saturated rings. The lowest BCUT2D eigenvalue weighted by atomic mass is 10.3. The summed E-state index contributed by atoms with van der Waals surface area (Å²) in [6.45, 7) is 0. The second-order valence-electron chi connectivity index (χ2n) is 4.55. The average Bonchev–Trinajstić information content (AvgIpc) is 2.53. The fourth-order valence-electron chi connectivity index (χ4n) is 1.69. The fraction of sp³-hybridized carbons (Fsp3) is 0.125. The fourth-order valence-corrected chi connectivity index (χ4v) is 2.37. The Kier molecular flexibility index (Phi) is 6.43. The highest BCUT2D eigenvalue weighted by molar-refractivity contribution is 6.37. The summed E-state index contributed by atoms with van der Waals surface area (Å²) in [4.78, 5) is 23.5. The molecule has 0 radical (unpaired) electrons. The first-order valence-electron chi connectivity index (χ1n) is 6.68. The van der Waals surface area contributed by atoms with Crippen LogP contribution in [0.1, 0.15) is 12.8 Å². The molecule has 0 heterocycles. The first-order chi connectivity index (χ1) is 11.4. The van der Waals surface area contributed by atoms with Crippen LogP contribution >= 0.6 is 34.8 Å². The number of benzene rings is 2. The number of halogens is 4. The average molecular weight is 392 g/mol. The van der Waals surface area contributed by atoms with Crippen molar-refractivity contribution in [1.82, 2.24) is 0 Å². The highest BCUT2D eigenvalue weighted by atomic mass is 35.5. The van der Waals surface area contributed by atoms with Gasteiger partial charge in [0.2, 0.25) is 0 Å². The van der Waals surface area contributed by atoms with E-state index in [4.69, 9.17) is 44.3 Å². The molecule has 0 atom stereocenters. The summed E-state index contributed by atoms with van der Waals surface area (Å²) in [7, 11) is 0. The van der Waals surface area contributed by atoms with Crippen molar-refractivity contribution in [3.63, 3.8) is 0 Å². The zero-order valence-electron chi connectivity index (χ0n) is 12.0. The van der Waals surface area contributed by atoms with E-state index in [1.165, 1.54) is 24.3 Å². The minimum absolute atomic E-state index is 0.0105. The van der Waals surface area contributed by atoms with Gasteiger partial charge in [0, 0.05) is 0 Å². The molecule has 0 saturated heterocycles. The molecular formula is C16H10Cl3FO4. The lowest BCUT2D eigenvalue weighted by molar-refractivity contribution is -0.140. The van der Waals surface area contributed by atoms with Crippen LogP contribution in [0.2, 0.25) is 15.1 Å². The third-order valence-corrected chi connectivity index (χ3v) is 3.70. The van der Waals surface area contributed by atoms with Crippen molar-refractivity contribution in [2.75, 3.05) is 0 Å². The predicted molar refractivity (Wildman–Crippen MR) is 88.4 cm³/mol. The molecule has 0 unspecified atom stereocenters. The number of para-hydroxylation sites is 2. The standard InChI is InChI=1S/C16H10Cl3FO4/c17-9-3-1-4-10(18)15(9)23-13(21)7-8-14(22)24-16-11(19)5-2-6-12(16)20/h1-6H,7-8H2. The van der Waals surface area contributed by atoms with E-state index < -0.39 is 17.8 Å². The van der Waals surface area contributed by atoms with Crippen molar-refractivity contribution in [3.05, 3.63) is 57.3 Å². The van der Waals surface area contributed by atoms with Gasteiger partial charge >= 0.3 is 11.9 Å². The van der Waals surface area contributed by atoms with Crippen LogP contribution in [-0.2, 0) is 9.59 Å². The van der Waals surface area contributed by atoms with E-state index in [2.05, 4.69) is 0 Å². The van der Waals surface area contributed by atoms with E-state index in [9.17, 15) is 14.0 Å². The summed E-state index contributed by atoms with van der Waals surface area (Å²) >= 11 is 17.5. The molecule has 0 saturated carbocycles. The monoisotopic (exact) mass is 390 g/mol. The van der Waals surface area contributed by atoms with Crippen molar-refractivity contribution in [1.29, 1.82) is 0 Å². The Bertz CT molecular complexity index is 674. The molecule has 0 aliphatic rings. The minimum Gasteiger partial charge on any atom is -0.423 e. The van der Waals surface area contributed by atoms with Crippen molar-refractivity contribution in [2.24, 2.45) is 0 Å². The third kappa shape index (κ3) is 4.84. The summed E-state index contributed by atoms with van der Waals surface area (Å²) in [6, 6.07) is 8.45. The third-order valence-electron chi connectivity index (χ3n) is 2.80. The Hall–Kier alpha value is -1.82. The molecule has 2 aromatic rings. The second-order valence-corrected chi connectivity index (χ2v) is 5.77. The molecule has 0 spiro atoms. The van der Waals surface area contributed by atoms with Gasteiger partial charge in [0.25, 0.3) is 0 Å². The van der Waals surface area contributed by atoms with E-state index in [1.54, 1.807) is 6.07 Å². The summed E-state index contributed by atoms with van der Waals surface area (Å²) in [5.74, 6) is -2.71. The zero-order chi connectivity index (χ0) is 17.7. The Morgan fingerprint density at radius 1 is 0.792 bits per heavy atom. The molecule has 0 amide bonds. The topological polar surface area (TPSA) is 52.6 Å². The number of ether oxygens (including phenoxy) is 2. The second kappa shape index (κ2) is 8.33. The summed E-state index contributed by atoms with van der Waals surface area (Å²) in [5.41, 5.74) is 0. The zero-order valence-corrected chi connectivity index (χ0v) is 14.3. The molecule has 2 aromatic carbocycles. The van der Waals surface area contributed by atoms with Gasteiger partial charge in [-0.25, -0.2) is 4.39 Å². The molecule has 4 nitrogen and oxygen atoms in total. The van der Waals surface area contributed by atoms with Crippen LogP contribution in [0.3, 0.4) is 0 Å². The SMILES string of the molecule is O=C(CCC(=O)Oc1c(Cl)cccc1Cl)Oc1c(F)cccc1Cl. The largest absolute Gasteiger partial charge is 0.423 e. The van der Waals surface area contributed by atoms with Gasteiger partial charge in [0.05, 0.1) is 27.9 Å². The highest BCUT2D eigenvalue weighted by Crippen LogP contribution is 2.32. The number of esters is 2. The lowest BCUT2D eigenvalue weighted by Gasteiger charge is -2.09. The van der Waals surface area contributed by atoms with Gasteiger partial charge in [-0.3, -0.25) is 9.59 Å². The summed E-state index contributed by atoms with van der Waals surface area (Å²) in [5, 5.41) is 0.280. The van der Waals surface area contributed by atoms with Crippen molar-refractivity contribution >= 4 is 46.7 Å². The molecule has 0 bridgehead atoms. The highest BCUT2D eigenvalue weighted by Gasteiger charge is 2.17. The van der Waals surface area contributed by atoms with Crippen molar-refractivity contribution < 1.29 is 23.5 Å².